The number of piperidine rings is 3. The monoisotopic (exact) mass is 328 g/mol. The third-order valence-corrected chi connectivity index (χ3v) is 6.71. The molecule has 3 saturated heterocycles. The highest BCUT2D eigenvalue weighted by Crippen LogP contribution is 2.46. The van der Waals surface area contributed by atoms with E-state index in [1.807, 2.05) is 12.3 Å². The fourth-order valence-electron chi connectivity index (χ4n) is 5.60. The molecule has 0 radical (unpaired) electrons. The van der Waals surface area contributed by atoms with E-state index in [1.54, 1.807) is 7.11 Å². The lowest BCUT2D eigenvalue weighted by molar-refractivity contribution is -0.0260. The molecule has 3 aliphatic heterocycles. The Kier molecular flexibility index (Phi) is 3.65. The van der Waals surface area contributed by atoms with Crippen LogP contribution in [-0.2, 0) is 0 Å². The quantitative estimate of drug-likeness (QED) is 0.853. The number of hydrogen-bond donors (Lipinski definition) is 0. The summed E-state index contributed by atoms with van der Waals surface area (Å²) in [5.41, 5.74) is 0. The van der Waals surface area contributed by atoms with Gasteiger partial charge in [0, 0.05) is 44.0 Å². The number of anilines is 1. The molecular weight excluding hydrogens is 300 g/mol. The number of hydrogen-bond acceptors (Lipinski definition) is 5. The van der Waals surface area contributed by atoms with Crippen molar-refractivity contribution in [3.05, 3.63) is 12.3 Å². The summed E-state index contributed by atoms with van der Waals surface area (Å²) in [6.07, 6.45) is 10.5. The van der Waals surface area contributed by atoms with Gasteiger partial charge in [0.1, 0.15) is 0 Å². The van der Waals surface area contributed by atoms with Crippen molar-refractivity contribution in [3.63, 3.8) is 0 Å². The van der Waals surface area contributed by atoms with E-state index in [9.17, 15) is 0 Å². The van der Waals surface area contributed by atoms with Crippen molar-refractivity contribution in [2.24, 2.45) is 17.8 Å². The van der Waals surface area contributed by atoms with E-state index in [1.165, 1.54) is 45.1 Å². The number of aromatic nitrogens is 2. The first-order valence-corrected chi connectivity index (χ1v) is 9.69. The molecule has 4 aliphatic rings. The maximum atomic E-state index is 5.29. The standard InChI is InChI=1S/C19H28N4O/c1-24-18-7-8-20-19(21-18)22-10-13-9-15(12-22)17-4-2-3-16(14-5-6-14)23(17)11-13/h7-8,13-17H,2-6,9-12H2,1H3/t13-,15+,16+,17-/m0/s1. The van der Waals surface area contributed by atoms with Crippen LogP contribution in [0.2, 0.25) is 0 Å². The highest BCUT2D eigenvalue weighted by molar-refractivity contribution is 5.33. The van der Waals surface area contributed by atoms with Gasteiger partial charge in [-0.2, -0.15) is 4.98 Å². The van der Waals surface area contributed by atoms with Crippen LogP contribution < -0.4 is 9.64 Å². The number of ether oxygens (including phenoxy) is 1. The first kappa shape index (κ1) is 14.9. The molecule has 0 spiro atoms. The maximum Gasteiger partial charge on any atom is 0.228 e. The Hall–Kier alpha value is -1.36. The minimum absolute atomic E-state index is 0.670. The summed E-state index contributed by atoms with van der Waals surface area (Å²) in [5.74, 6) is 4.10. The minimum Gasteiger partial charge on any atom is -0.481 e. The molecule has 5 heteroatoms. The highest BCUT2D eigenvalue weighted by atomic mass is 16.5. The van der Waals surface area contributed by atoms with Gasteiger partial charge in [-0.25, -0.2) is 4.98 Å². The van der Waals surface area contributed by atoms with E-state index in [0.717, 1.165) is 48.9 Å². The van der Waals surface area contributed by atoms with Gasteiger partial charge in [0.05, 0.1) is 7.11 Å². The molecular formula is C19H28N4O. The largest absolute Gasteiger partial charge is 0.481 e. The average molecular weight is 328 g/mol. The first-order valence-electron chi connectivity index (χ1n) is 9.69. The van der Waals surface area contributed by atoms with Gasteiger partial charge in [-0.05, 0) is 49.9 Å². The lowest BCUT2D eigenvalue weighted by Crippen LogP contribution is -2.62. The predicted molar refractivity (Wildman–Crippen MR) is 93.3 cm³/mol. The fourth-order valence-corrected chi connectivity index (χ4v) is 5.60. The zero-order valence-corrected chi connectivity index (χ0v) is 14.6. The van der Waals surface area contributed by atoms with E-state index < -0.39 is 0 Å². The molecule has 0 unspecified atom stereocenters. The molecule has 0 aromatic carbocycles. The van der Waals surface area contributed by atoms with Crippen molar-refractivity contribution in [1.82, 2.24) is 14.9 Å². The lowest BCUT2D eigenvalue weighted by Gasteiger charge is -2.55. The summed E-state index contributed by atoms with van der Waals surface area (Å²) in [4.78, 5) is 14.4. The van der Waals surface area contributed by atoms with Gasteiger partial charge in [-0.3, -0.25) is 4.90 Å². The summed E-state index contributed by atoms with van der Waals surface area (Å²) in [7, 11) is 1.68. The number of rotatable bonds is 3. The Bertz CT molecular complexity index is 605. The minimum atomic E-state index is 0.670. The Balaban J connectivity index is 1.36. The third kappa shape index (κ3) is 2.57. The van der Waals surface area contributed by atoms with E-state index in [-0.39, 0.29) is 0 Å². The SMILES string of the molecule is COc1ccnc(N2C[C@@H]3C[C@H](C2)[C@@H]2CCC[C@H](C4CC4)N2C3)n1. The Morgan fingerprint density at radius 3 is 2.67 bits per heavy atom. The number of nitrogens with zero attached hydrogens (tertiary/aromatic N) is 4. The molecule has 4 atom stereocenters. The van der Waals surface area contributed by atoms with E-state index in [4.69, 9.17) is 4.74 Å². The molecule has 5 rings (SSSR count). The fraction of sp³-hybridized carbons (Fsp3) is 0.789. The van der Waals surface area contributed by atoms with Crippen LogP contribution in [0.25, 0.3) is 0 Å². The molecule has 0 amide bonds. The van der Waals surface area contributed by atoms with Crippen LogP contribution >= 0.6 is 0 Å². The van der Waals surface area contributed by atoms with E-state index in [2.05, 4.69) is 19.8 Å². The average Bonchev–Trinajstić information content (AvgIpc) is 3.46. The Morgan fingerprint density at radius 1 is 1.04 bits per heavy atom. The van der Waals surface area contributed by atoms with E-state index >= 15 is 0 Å². The topological polar surface area (TPSA) is 41.5 Å². The van der Waals surface area contributed by atoms with Crippen molar-refractivity contribution >= 4 is 5.95 Å². The molecule has 1 saturated carbocycles. The van der Waals surface area contributed by atoms with Gasteiger partial charge >= 0.3 is 0 Å². The maximum absolute atomic E-state index is 5.29. The van der Waals surface area contributed by atoms with Crippen molar-refractivity contribution < 1.29 is 4.74 Å². The number of methoxy groups -OCH3 is 1. The van der Waals surface area contributed by atoms with Crippen molar-refractivity contribution in [3.8, 4) is 5.88 Å². The van der Waals surface area contributed by atoms with E-state index in [0.29, 0.717) is 5.88 Å². The van der Waals surface area contributed by atoms with Crippen molar-refractivity contribution in [1.29, 1.82) is 0 Å². The van der Waals surface area contributed by atoms with Crippen LogP contribution in [-0.4, -0.2) is 53.7 Å². The molecule has 4 heterocycles. The molecule has 1 aromatic rings. The third-order valence-electron chi connectivity index (χ3n) is 6.71. The highest BCUT2D eigenvalue weighted by Gasteiger charge is 2.48. The second kappa shape index (κ2) is 5.87. The summed E-state index contributed by atoms with van der Waals surface area (Å²) in [5, 5.41) is 0. The number of fused-ring (bicyclic) bond motifs is 4. The molecule has 24 heavy (non-hydrogen) atoms. The second-order valence-electron chi connectivity index (χ2n) is 8.27. The molecule has 5 nitrogen and oxygen atoms in total. The van der Waals surface area contributed by atoms with Gasteiger partial charge in [-0.15, -0.1) is 0 Å². The first-order chi connectivity index (χ1) is 11.8. The normalized spacial score (nSPS) is 36.3. The molecule has 130 valence electrons. The van der Waals surface area contributed by atoms with Crippen LogP contribution in [0, 0.1) is 17.8 Å². The van der Waals surface area contributed by atoms with Crippen LogP contribution in [0.1, 0.15) is 38.5 Å². The van der Waals surface area contributed by atoms with Gasteiger partial charge < -0.3 is 9.64 Å². The Labute approximate surface area is 144 Å². The summed E-state index contributed by atoms with van der Waals surface area (Å²) in [6.45, 7) is 3.51. The molecule has 2 bridgehead atoms. The van der Waals surface area contributed by atoms with Crippen LogP contribution in [0.15, 0.2) is 12.3 Å². The van der Waals surface area contributed by atoms with Crippen LogP contribution in [0.4, 0.5) is 5.95 Å². The zero-order valence-electron chi connectivity index (χ0n) is 14.6. The lowest BCUT2D eigenvalue weighted by atomic mass is 9.74. The zero-order chi connectivity index (χ0) is 16.1. The van der Waals surface area contributed by atoms with Crippen molar-refractivity contribution in [2.45, 2.75) is 50.6 Å². The smallest absolute Gasteiger partial charge is 0.228 e. The van der Waals surface area contributed by atoms with Crippen molar-refractivity contribution in [2.75, 3.05) is 31.6 Å². The molecule has 1 aromatic heterocycles. The summed E-state index contributed by atoms with van der Waals surface area (Å²) < 4.78 is 5.29. The summed E-state index contributed by atoms with van der Waals surface area (Å²) in [6, 6.07) is 3.53. The van der Waals surface area contributed by atoms with Gasteiger partial charge in [0.15, 0.2) is 0 Å². The molecule has 0 N–H and O–H groups in total. The predicted octanol–water partition coefficient (Wildman–Crippen LogP) is 2.57. The molecule has 4 fully saturated rings. The van der Waals surface area contributed by atoms with Gasteiger partial charge in [-0.1, -0.05) is 6.42 Å². The Morgan fingerprint density at radius 2 is 1.88 bits per heavy atom. The van der Waals surface area contributed by atoms with Crippen LogP contribution in [0.3, 0.4) is 0 Å². The summed E-state index contributed by atoms with van der Waals surface area (Å²) >= 11 is 0. The van der Waals surface area contributed by atoms with Gasteiger partial charge in [0.25, 0.3) is 0 Å². The second-order valence-corrected chi connectivity index (χ2v) is 8.27. The van der Waals surface area contributed by atoms with Crippen LogP contribution in [0.5, 0.6) is 5.88 Å². The van der Waals surface area contributed by atoms with Gasteiger partial charge in [0.2, 0.25) is 11.8 Å². The molecule has 1 aliphatic carbocycles.